The number of carboxylic acid groups (broad SMARTS) is 1. The highest BCUT2D eigenvalue weighted by molar-refractivity contribution is 5.66. The molecule has 3 saturated carbocycles. The first-order chi connectivity index (χ1) is 12.6. The van der Waals surface area contributed by atoms with E-state index in [9.17, 15) is 9.90 Å². The van der Waals surface area contributed by atoms with Crippen molar-refractivity contribution < 1.29 is 15.0 Å². The molecule has 0 amide bonds. The van der Waals surface area contributed by atoms with Crippen molar-refractivity contribution in [2.75, 3.05) is 0 Å². The summed E-state index contributed by atoms with van der Waals surface area (Å²) < 4.78 is 0. The van der Waals surface area contributed by atoms with Crippen molar-refractivity contribution in [3.63, 3.8) is 0 Å². The third-order valence-corrected chi connectivity index (χ3v) is 7.60. The molecule has 0 aromatic carbocycles. The van der Waals surface area contributed by atoms with Crippen LogP contribution >= 0.6 is 0 Å². The van der Waals surface area contributed by atoms with E-state index in [1.807, 2.05) is 0 Å². The monoisotopic (exact) mass is 362 g/mol. The summed E-state index contributed by atoms with van der Waals surface area (Å²) in [5, 5.41) is 19.3. The van der Waals surface area contributed by atoms with Crippen molar-refractivity contribution in [1.82, 2.24) is 0 Å². The molecule has 148 valence electrons. The van der Waals surface area contributed by atoms with E-state index < -0.39 is 5.97 Å². The van der Waals surface area contributed by atoms with Crippen molar-refractivity contribution >= 4 is 5.97 Å². The summed E-state index contributed by atoms with van der Waals surface area (Å²) in [6.45, 7) is 0. The zero-order valence-electron chi connectivity index (χ0n) is 16.3. The molecule has 0 aliphatic heterocycles. The molecule has 1 unspecified atom stereocenters. The second kappa shape index (κ2) is 9.92. The van der Waals surface area contributed by atoms with Gasteiger partial charge in [-0.25, -0.2) is 0 Å². The fourth-order valence-corrected chi connectivity index (χ4v) is 6.21. The van der Waals surface area contributed by atoms with Crippen LogP contribution in [0.2, 0.25) is 0 Å². The first kappa shape index (κ1) is 19.9. The van der Waals surface area contributed by atoms with E-state index in [1.165, 1.54) is 64.2 Å². The molecule has 0 spiro atoms. The van der Waals surface area contributed by atoms with Crippen molar-refractivity contribution in [2.24, 2.45) is 29.6 Å². The van der Waals surface area contributed by atoms with Crippen molar-refractivity contribution in [3.05, 3.63) is 12.2 Å². The smallest absolute Gasteiger partial charge is 0.303 e. The van der Waals surface area contributed by atoms with Gasteiger partial charge in [0, 0.05) is 6.42 Å². The lowest BCUT2D eigenvalue weighted by Gasteiger charge is -2.33. The molecular weight excluding hydrogens is 324 g/mol. The number of carbonyl (C=O) groups is 1. The topological polar surface area (TPSA) is 57.5 Å². The van der Waals surface area contributed by atoms with E-state index in [-0.39, 0.29) is 12.5 Å². The average molecular weight is 363 g/mol. The molecule has 0 heterocycles. The van der Waals surface area contributed by atoms with E-state index in [0.717, 1.165) is 42.9 Å². The maximum absolute atomic E-state index is 10.6. The number of aliphatic hydroxyl groups is 1. The second-order valence-electron chi connectivity index (χ2n) is 9.20. The minimum absolute atomic E-state index is 0.0679. The fraction of sp³-hybridized carbons (Fsp3) is 0.870. The number of unbranched alkanes of at least 4 members (excludes halogenated alkanes) is 1. The summed E-state index contributed by atoms with van der Waals surface area (Å²) in [5.74, 6) is 3.31. The van der Waals surface area contributed by atoms with E-state index in [2.05, 4.69) is 12.2 Å². The Morgan fingerprint density at radius 3 is 2.46 bits per heavy atom. The summed E-state index contributed by atoms with van der Waals surface area (Å²) in [6, 6.07) is 0. The summed E-state index contributed by atoms with van der Waals surface area (Å²) >= 11 is 0. The van der Waals surface area contributed by atoms with E-state index in [1.54, 1.807) is 0 Å². The first-order valence-electron chi connectivity index (χ1n) is 11.2. The second-order valence-corrected chi connectivity index (χ2v) is 9.20. The van der Waals surface area contributed by atoms with Crippen LogP contribution in [-0.4, -0.2) is 22.3 Å². The number of hydrogen-bond acceptors (Lipinski definition) is 2. The number of aliphatic hydroxyl groups excluding tert-OH is 1. The fourth-order valence-electron chi connectivity index (χ4n) is 6.21. The molecular formula is C23H38O3. The lowest BCUT2D eigenvalue weighted by molar-refractivity contribution is -0.137. The van der Waals surface area contributed by atoms with Crippen molar-refractivity contribution in [3.8, 4) is 0 Å². The van der Waals surface area contributed by atoms with Crippen LogP contribution in [0.5, 0.6) is 0 Å². The van der Waals surface area contributed by atoms with Gasteiger partial charge < -0.3 is 10.2 Å². The van der Waals surface area contributed by atoms with Gasteiger partial charge in [-0.15, -0.1) is 0 Å². The molecule has 0 aromatic heterocycles. The number of hydrogen-bond donors (Lipinski definition) is 2. The van der Waals surface area contributed by atoms with E-state index in [0.29, 0.717) is 5.92 Å². The van der Waals surface area contributed by atoms with Gasteiger partial charge in [0.2, 0.25) is 0 Å². The van der Waals surface area contributed by atoms with Gasteiger partial charge in [0.05, 0.1) is 6.10 Å². The highest BCUT2D eigenvalue weighted by atomic mass is 16.4. The molecule has 3 heteroatoms. The minimum atomic E-state index is -0.692. The molecule has 0 radical (unpaired) electrons. The number of aliphatic carboxylic acids is 1. The predicted octanol–water partition coefficient (Wildman–Crippen LogP) is 5.57. The Balaban J connectivity index is 1.43. The molecule has 2 bridgehead atoms. The number of fused-ring (bicyclic) bond motifs is 2. The Hall–Kier alpha value is -0.830. The third-order valence-electron chi connectivity index (χ3n) is 7.60. The minimum Gasteiger partial charge on any atom is -0.481 e. The van der Waals surface area contributed by atoms with Crippen LogP contribution in [0.4, 0.5) is 0 Å². The summed E-state index contributed by atoms with van der Waals surface area (Å²) in [4.78, 5) is 10.6. The molecule has 3 nitrogen and oxygen atoms in total. The largest absolute Gasteiger partial charge is 0.481 e. The molecule has 3 aliphatic rings. The Kier molecular flexibility index (Phi) is 7.60. The Morgan fingerprint density at radius 2 is 1.73 bits per heavy atom. The van der Waals surface area contributed by atoms with E-state index in [4.69, 9.17) is 5.11 Å². The zero-order chi connectivity index (χ0) is 18.4. The quantitative estimate of drug-likeness (QED) is 0.394. The summed E-state index contributed by atoms with van der Waals surface area (Å²) in [7, 11) is 0. The number of allylic oxidation sites excluding steroid dienone is 2. The molecule has 3 rings (SSSR count). The highest BCUT2D eigenvalue weighted by Gasteiger charge is 2.46. The maximum Gasteiger partial charge on any atom is 0.303 e. The van der Waals surface area contributed by atoms with Gasteiger partial charge in [0.15, 0.2) is 0 Å². The Bertz CT molecular complexity index is 466. The van der Waals surface area contributed by atoms with Crippen LogP contribution in [0.25, 0.3) is 0 Å². The summed E-state index contributed by atoms with van der Waals surface area (Å²) in [6.07, 6.45) is 20.4. The van der Waals surface area contributed by atoms with Crippen molar-refractivity contribution in [2.45, 2.75) is 96.0 Å². The van der Waals surface area contributed by atoms with Gasteiger partial charge in [0.25, 0.3) is 0 Å². The first-order valence-corrected chi connectivity index (χ1v) is 11.2. The standard InChI is InChI=1S/C23H38O3/c24-22(17-8-4-3-5-9-17)15-14-21-19-13-12-18(16-19)20(21)10-6-1-2-7-11-23(25)26/h1,6,17-22,24H,2-5,7-16H2,(H,25,26)/t18-,19+,20-,21+,22?/m1/s1. The lowest BCUT2D eigenvalue weighted by atomic mass is 9.74. The van der Waals surface area contributed by atoms with Crippen LogP contribution in [0.15, 0.2) is 12.2 Å². The Labute approximate surface area is 159 Å². The zero-order valence-corrected chi connectivity index (χ0v) is 16.3. The third kappa shape index (κ3) is 5.34. The molecule has 3 aliphatic carbocycles. The normalized spacial score (nSPS) is 33.1. The molecule has 5 atom stereocenters. The SMILES string of the molecule is O=C(O)CCCC=CC[C@@H]1[C@@H]2CC[C@@H](C2)[C@@H]1CCC(O)C1CCCCC1. The molecule has 26 heavy (non-hydrogen) atoms. The number of rotatable bonds is 10. The van der Waals surface area contributed by atoms with Crippen LogP contribution in [-0.2, 0) is 4.79 Å². The van der Waals surface area contributed by atoms with Crippen LogP contribution < -0.4 is 0 Å². The van der Waals surface area contributed by atoms with Gasteiger partial charge in [-0.1, -0.05) is 31.4 Å². The van der Waals surface area contributed by atoms with Crippen LogP contribution in [0.1, 0.15) is 89.9 Å². The molecule has 2 N–H and O–H groups in total. The Morgan fingerprint density at radius 1 is 1.00 bits per heavy atom. The van der Waals surface area contributed by atoms with Crippen LogP contribution in [0.3, 0.4) is 0 Å². The maximum atomic E-state index is 10.6. The molecule has 3 fully saturated rings. The van der Waals surface area contributed by atoms with Gasteiger partial charge in [-0.3, -0.25) is 4.79 Å². The number of carboxylic acids is 1. The van der Waals surface area contributed by atoms with E-state index >= 15 is 0 Å². The molecule has 0 saturated heterocycles. The highest BCUT2D eigenvalue weighted by Crippen LogP contribution is 2.55. The van der Waals surface area contributed by atoms with Crippen molar-refractivity contribution in [1.29, 1.82) is 0 Å². The van der Waals surface area contributed by atoms with Gasteiger partial charge in [-0.05, 0) is 93.8 Å². The predicted molar refractivity (Wildman–Crippen MR) is 105 cm³/mol. The van der Waals surface area contributed by atoms with Gasteiger partial charge >= 0.3 is 5.97 Å². The summed E-state index contributed by atoms with van der Waals surface area (Å²) in [5.41, 5.74) is 0. The van der Waals surface area contributed by atoms with Crippen LogP contribution in [0, 0.1) is 29.6 Å². The average Bonchev–Trinajstić information content (AvgIpc) is 3.24. The van der Waals surface area contributed by atoms with Gasteiger partial charge in [0.1, 0.15) is 0 Å². The van der Waals surface area contributed by atoms with Gasteiger partial charge in [-0.2, -0.15) is 0 Å². The lowest BCUT2D eigenvalue weighted by Crippen LogP contribution is -2.27. The molecule has 0 aromatic rings.